The summed E-state index contributed by atoms with van der Waals surface area (Å²) in [5.74, 6) is 0.155. The summed E-state index contributed by atoms with van der Waals surface area (Å²) in [4.78, 5) is 26.0. The molecule has 2 amide bonds. The van der Waals surface area contributed by atoms with Crippen LogP contribution in [0.3, 0.4) is 0 Å². The van der Waals surface area contributed by atoms with Gasteiger partial charge in [0, 0.05) is 26.1 Å². The van der Waals surface area contributed by atoms with Crippen LogP contribution in [0.25, 0.3) is 0 Å². The Kier molecular flexibility index (Phi) is 3.56. The quantitative estimate of drug-likeness (QED) is 0.709. The van der Waals surface area contributed by atoms with Crippen molar-refractivity contribution in [3.8, 4) is 0 Å². The molecule has 0 spiro atoms. The van der Waals surface area contributed by atoms with Gasteiger partial charge in [-0.2, -0.15) is 0 Å². The highest BCUT2D eigenvalue weighted by molar-refractivity contribution is 7.80. The highest BCUT2D eigenvalue weighted by Gasteiger charge is 2.54. The second kappa shape index (κ2) is 4.84. The number of nitrogens with zero attached hydrogens (tertiary/aromatic N) is 1. The molecule has 0 bridgehead atoms. The van der Waals surface area contributed by atoms with Crippen LogP contribution in [-0.4, -0.2) is 41.8 Å². The molecule has 1 heterocycles. The first kappa shape index (κ1) is 13.3. The van der Waals surface area contributed by atoms with Crippen molar-refractivity contribution in [2.45, 2.75) is 25.7 Å². The van der Waals surface area contributed by atoms with Crippen LogP contribution >= 0.6 is 12.2 Å². The molecule has 1 aliphatic heterocycles. The van der Waals surface area contributed by atoms with Crippen molar-refractivity contribution in [1.29, 1.82) is 0 Å². The van der Waals surface area contributed by atoms with E-state index >= 15 is 0 Å². The fourth-order valence-corrected chi connectivity index (χ4v) is 2.83. The second-order valence-electron chi connectivity index (χ2n) is 5.13. The molecule has 3 N–H and O–H groups in total. The molecule has 1 saturated carbocycles. The number of nitrogens with two attached hydrogens (primary N) is 1. The zero-order valence-electron chi connectivity index (χ0n) is 10.6. The lowest BCUT2D eigenvalue weighted by Gasteiger charge is -2.33. The van der Waals surface area contributed by atoms with Crippen molar-refractivity contribution < 1.29 is 9.59 Å². The summed E-state index contributed by atoms with van der Waals surface area (Å²) in [6, 6.07) is 0. The van der Waals surface area contributed by atoms with Gasteiger partial charge >= 0.3 is 0 Å². The lowest BCUT2D eigenvalue weighted by molar-refractivity contribution is -0.138. The average Bonchev–Trinajstić information content (AvgIpc) is 3.18. The smallest absolute Gasteiger partial charge is 0.235 e. The first-order chi connectivity index (χ1) is 8.51. The minimum atomic E-state index is -0.560. The van der Waals surface area contributed by atoms with Gasteiger partial charge in [0.1, 0.15) is 0 Å². The summed E-state index contributed by atoms with van der Waals surface area (Å²) >= 11 is 4.99. The van der Waals surface area contributed by atoms with Gasteiger partial charge in [0.25, 0.3) is 0 Å². The maximum Gasteiger partial charge on any atom is 0.235 e. The monoisotopic (exact) mass is 269 g/mol. The third-order valence-electron chi connectivity index (χ3n) is 4.03. The van der Waals surface area contributed by atoms with E-state index in [0.29, 0.717) is 18.1 Å². The molecule has 0 radical (unpaired) electrons. The summed E-state index contributed by atoms with van der Waals surface area (Å²) in [5, 5.41) is 2.66. The Morgan fingerprint density at radius 3 is 2.28 bits per heavy atom. The highest BCUT2D eigenvalue weighted by Crippen LogP contribution is 2.47. The van der Waals surface area contributed by atoms with Crippen molar-refractivity contribution in [2.24, 2.45) is 17.1 Å². The fourth-order valence-electron chi connectivity index (χ4n) is 2.54. The summed E-state index contributed by atoms with van der Waals surface area (Å²) in [5.41, 5.74) is 5.10. The molecular formula is C12H19N3O2S. The summed E-state index contributed by atoms with van der Waals surface area (Å²) in [6.07, 6.45) is 2.99. The summed E-state index contributed by atoms with van der Waals surface area (Å²) in [6.45, 7) is 1.25. The predicted molar refractivity (Wildman–Crippen MR) is 71.8 cm³/mol. The number of nitrogens with one attached hydrogen (secondary N) is 1. The zero-order chi connectivity index (χ0) is 13.3. The number of carbonyl (C=O) groups is 2. The van der Waals surface area contributed by atoms with Gasteiger partial charge in [-0.3, -0.25) is 9.59 Å². The van der Waals surface area contributed by atoms with Gasteiger partial charge in [0.05, 0.1) is 10.4 Å². The number of amides is 2. The Balaban J connectivity index is 1.92. The van der Waals surface area contributed by atoms with E-state index in [1.54, 1.807) is 7.05 Å². The number of rotatable bonds is 3. The Morgan fingerprint density at radius 2 is 1.89 bits per heavy atom. The van der Waals surface area contributed by atoms with Crippen LogP contribution in [-0.2, 0) is 9.59 Å². The molecule has 5 nitrogen and oxygen atoms in total. The minimum Gasteiger partial charge on any atom is -0.392 e. The number of carbonyl (C=O) groups excluding carboxylic acids is 2. The molecule has 0 aromatic heterocycles. The van der Waals surface area contributed by atoms with Gasteiger partial charge in [-0.05, 0) is 25.7 Å². The van der Waals surface area contributed by atoms with Crippen LogP contribution in [0, 0.1) is 11.3 Å². The van der Waals surface area contributed by atoms with Crippen molar-refractivity contribution in [2.75, 3.05) is 20.1 Å². The molecule has 2 rings (SSSR count). The molecule has 0 aromatic carbocycles. The van der Waals surface area contributed by atoms with E-state index in [9.17, 15) is 9.59 Å². The van der Waals surface area contributed by atoms with Crippen molar-refractivity contribution in [3.63, 3.8) is 0 Å². The number of thiocarbonyl (C=S) groups is 1. The molecule has 6 heteroatoms. The summed E-state index contributed by atoms with van der Waals surface area (Å²) < 4.78 is 0. The van der Waals surface area contributed by atoms with Crippen LogP contribution in [0.1, 0.15) is 25.7 Å². The molecule has 0 atom stereocenters. The van der Waals surface area contributed by atoms with E-state index in [2.05, 4.69) is 5.32 Å². The maximum absolute atomic E-state index is 12.3. The second-order valence-corrected chi connectivity index (χ2v) is 5.57. The topological polar surface area (TPSA) is 75.4 Å². The first-order valence-electron chi connectivity index (χ1n) is 6.32. The molecule has 0 unspecified atom stereocenters. The lowest BCUT2D eigenvalue weighted by Crippen LogP contribution is -2.47. The Labute approximate surface area is 112 Å². The third-order valence-corrected chi connectivity index (χ3v) is 4.42. The first-order valence-corrected chi connectivity index (χ1v) is 6.73. The number of piperidine rings is 1. The van der Waals surface area contributed by atoms with E-state index in [-0.39, 0.29) is 17.7 Å². The van der Waals surface area contributed by atoms with Gasteiger partial charge in [-0.1, -0.05) is 12.2 Å². The normalized spacial score (nSPS) is 22.4. The third kappa shape index (κ3) is 2.21. The average molecular weight is 269 g/mol. The molecule has 1 saturated heterocycles. The van der Waals surface area contributed by atoms with E-state index in [0.717, 1.165) is 25.7 Å². The molecule has 2 aliphatic rings. The van der Waals surface area contributed by atoms with E-state index in [1.165, 1.54) is 0 Å². The molecule has 100 valence electrons. The van der Waals surface area contributed by atoms with Gasteiger partial charge in [0.2, 0.25) is 11.8 Å². The Hall–Kier alpha value is -1.17. The van der Waals surface area contributed by atoms with Crippen LogP contribution < -0.4 is 11.1 Å². The fraction of sp³-hybridized carbons (Fsp3) is 0.750. The number of hydrogen-bond donors (Lipinski definition) is 2. The van der Waals surface area contributed by atoms with Crippen molar-refractivity contribution >= 4 is 29.0 Å². The van der Waals surface area contributed by atoms with E-state index in [1.807, 2.05) is 4.90 Å². The van der Waals surface area contributed by atoms with Crippen molar-refractivity contribution in [1.82, 2.24) is 10.2 Å². The van der Waals surface area contributed by atoms with Gasteiger partial charge in [-0.25, -0.2) is 0 Å². The standard InChI is InChI=1S/C12H19N3O2S/c1-14-9(16)8-2-6-15(7-3-8)11(17)12(4-5-12)10(13)18/h8H,2-7H2,1H3,(H2,13,18)(H,14,16). The van der Waals surface area contributed by atoms with Crippen LogP contribution in [0.5, 0.6) is 0 Å². The number of likely N-dealkylation sites (tertiary alicyclic amines) is 1. The van der Waals surface area contributed by atoms with E-state index in [4.69, 9.17) is 18.0 Å². The van der Waals surface area contributed by atoms with Gasteiger partial charge in [0.15, 0.2) is 0 Å². The van der Waals surface area contributed by atoms with Gasteiger partial charge in [-0.15, -0.1) is 0 Å². The predicted octanol–water partition coefficient (Wildman–Crippen LogP) is 0.0373. The number of hydrogen-bond acceptors (Lipinski definition) is 3. The SMILES string of the molecule is CNC(=O)C1CCN(C(=O)C2(C(N)=S)CC2)CC1. The molecule has 0 aromatic rings. The van der Waals surface area contributed by atoms with E-state index < -0.39 is 5.41 Å². The molecular weight excluding hydrogens is 250 g/mol. The molecule has 1 aliphatic carbocycles. The van der Waals surface area contributed by atoms with Gasteiger partial charge < -0.3 is 16.0 Å². The highest BCUT2D eigenvalue weighted by atomic mass is 32.1. The lowest BCUT2D eigenvalue weighted by atomic mass is 9.94. The van der Waals surface area contributed by atoms with Crippen LogP contribution in [0.4, 0.5) is 0 Å². The minimum absolute atomic E-state index is 0.0269. The summed E-state index contributed by atoms with van der Waals surface area (Å²) in [7, 11) is 1.64. The zero-order valence-corrected chi connectivity index (χ0v) is 11.4. The van der Waals surface area contributed by atoms with Crippen molar-refractivity contribution in [3.05, 3.63) is 0 Å². The Bertz CT molecular complexity index is 385. The largest absolute Gasteiger partial charge is 0.392 e. The Morgan fingerprint density at radius 1 is 1.33 bits per heavy atom. The molecule has 2 fully saturated rings. The maximum atomic E-state index is 12.3. The molecule has 18 heavy (non-hydrogen) atoms. The van der Waals surface area contributed by atoms with Crippen LogP contribution in [0.2, 0.25) is 0 Å². The van der Waals surface area contributed by atoms with Crippen LogP contribution in [0.15, 0.2) is 0 Å².